The van der Waals surface area contributed by atoms with Gasteiger partial charge in [0.05, 0.1) is 21.3 Å². The highest BCUT2D eigenvalue weighted by Crippen LogP contribution is 2.38. The number of carbonyl (C=O) groups excluding carboxylic acids is 2. The van der Waals surface area contributed by atoms with Crippen molar-refractivity contribution in [2.45, 2.75) is 16.6 Å². The molecule has 3 aromatic rings. The molecule has 4 rings (SSSR count). The number of nitrogens with zero attached hydrogens (tertiary/aromatic N) is 3. The minimum atomic E-state index is -0.502. The summed E-state index contributed by atoms with van der Waals surface area (Å²) in [5.74, 6) is 0.317. The van der Waals surface area contributed by atoms with Crippen molar-refractivity contribution in [3.8, 4) is 0 Å². The van der Waals surface area contributed by atoms with E-state index in [1.54, 1.807) is 17.8 Å². The summed E-state index contributed by atoms with van der Waals surface area (Å²) in [6, 6.07) is 15.7. The van der Waals surface area contributed by atoms with E-state index in [9.17, 15) is 19.7 Å². The number of amides is 2. The fraction of sp³-hybridized carbons (Fsp3) is 0.0952. The van der Waals surface area contributed by atoms with E-state index >= 15 is 0 Å². The molecule has 0 atom stereocenters. The summed E-state index contributed by atoms with van der Waals surface area (Å²) in [6.07, 6.45) is 1.59. The molecule has 0 radical (unpaired) electrons. The van der Waals surface area contributed by atoms with Crippen LogP contribution in [0.2, 0.25) is 5.15 Å². The molecule has 1 aliphatic rings. The molecule has 1 aliphatic heterocycles. The van der Waals surface area contributed by atoms with Crippen LogP contribution in [0.4, 0.5) is 10.5 Å². The van der Waals surface area contributed by atoms with E-state index in [0.29, 0.717) is 10.4 Å². The van der Waals surface area contributed by atoms with E-state index in [1.165, 1.54) is 35.6 Å². The van der Waals surface area contributed by atoms with Crippen molar-refractivity contribution < 1.29 is 14.5 Å². The quantitative estimate of drug-likeness (QED) is 0.163. The van der Waals surface area contributed by atoms with Crippen molar-refractivity contribution in [1.82, 2.24) is 9.88 Å². The first-order valence-corrected chi connectivity index (χ1v) is 12.2. The molecule has 0 aliphatic carbocycles. The molecule has 1 saturated heterocycles. The van der Waals surface area contributed by atoms with Crippen LogP contribution in [0.3, 0.4) is 0 Å². The maximum atomic E-state index is 12.8. The van der Waals surface area contributed by atoms with Gasteiger partial charge in [-0.3, -0.25) is 24.6 Å². The second-order valence-corrected chi connectivity index (χ2v) is 10.2. The van der Waals surface area contributed by atoms with Crippen LogP contribution in [0.5, 0.6) is 0 Å². The first kappa shape index (κ1) is 22.5. The molecule has 7 nitrogen and oxygen atoms in total. The van der Waals surface area contributed by atoms with Crippen LogP contribution in [0.15, 0.2) is 63.8 Å². The Kier molecular flexibility index (Phi) is 6.95. The Labute approximate surface area is 200 Å². The number of hydrogen-bond donors (Lipinski definition) is 0. The number of imide groups is 1. The number of rotatable bonds is 7. The smallest absolute Gasteiger partial charge is 0.268 e. The lowest BCUT2D eigenvalue weighted by molar-refractivity contribution is -0.384. The van der Waals surface area contributed by atoms with E-state index < -0.39 is 16.1 Å². The summed E-state index contributed by atoms with van der Waals surface area (Å²) >= 11 is 10.0. The fourth-order valence-corrected chi connectivity index (χ4v) is 6.03. The van der Waals surface area contributed by atoms with E-state index in [4.69, 9.17) is 11.6 Å². The van der Waals surface area contributed by atoms with Crippen molar-refractivity contribution in [3.63, 3.8) is 0 Å². The number of nitro benzene ring substituents is 1. The van der Waals surface area contributed by atoms with Crippen LogP contribution in [-0.4, -0.2) is 26.0 Å². The highest BCUT2D eigenvalue weighted by atomic mass is 35.5. The normalized spacial score (nSPS) is 15.0. The number of carbonyl (C=O) groups is 2. The third-order valence-corrected chi connectivity index (χ3v) is 7.94. The number of aromatic nitrogens is 1. The van der Waals surface area contributed by atoms with Crippen molar-refractivity contribution >= 4 is 69.4 Å². The van der Waals surface area contributed by atoms with E-state index in [2.05, 4.69) is 4.98 Å². The Morgan fingerprint density at radius 1 is 1.09 bits per heavy atom. The second-order valence-electron chi connectivity index (χ2n) is 6.60. The highest BCUT2D eigenvalue weighted by Gasteiger charge is 2.35. The summed E-state index contributed by atoms with van der Waals surface area (Å²) in [5, 5.41) is 10.7. The van der Waals surface area contributed by atoms with E-state index in [0.717, 1.165) is 32.3 Å². The van der Waals surface area contributed by atoms with E-state index in [1.807, 2.05) is 30.3 Å². The number of non-ortho nitro benzene ring substituents is 1. The zero-order valence-electron chi connectivity index (χ0n) is 16.3. The second kappa shape index (κ2) is 9.86. The molecule has 0 spiro atoms. The SMILES string of the molecule is O=C1S/C(=C\c2sc(SCc3ccccc3)nc2Cl)C(=O)N1Cc1ccc([N+](=O)[O-])cc1. The maximum Gasteiger partial charge on any atom is 0.293 e. The molecule has 0 unspecified atom stereocenters. The Hall–Kier alpha value is -2.66. The average molecular weight is 504 g/mol. The zero-order chi connectivity index (χ0) is 22.7. The Morgan fingerprint density at radius 3 is 2.50 bits per heavy atom. The van der Waals surface area contributed by atoms with Gasteiger partial charge in [-0.1, -0.05) is 65.8 Å². The van der Waals surface area contributed by atoms with E-state index in [-0.39, 0.29) is 22.3 Å². The lowest BCUT2D eigenvalue weighted by Crippen LogP contribution is -2.27. The number of thioether (sulfide) groups is 2. The summed E-state index contributed by atoms with van der Waals surface area (Å²) < 4.78 is 0.773. The summed E-state index contributed by atoms with van der Waals surface area (Å²) in [7, 11) is 0. The molecule has 0 N–H and O–H groups in total. The molecule has 0 bridgehead atoms. The molecule has 2 heterocycles. The van der Waals surface area contributed by atoms with Gasteiger partial charge in [0.1, 0.15) is 5.15 Å². The van der Waals surface area contributed by atoms with Gasteiger partial charge in [0.25, 0.3) is 16.8 Å². The van der Waals surface area contributed by atoms with Gasteiger partial charge in [-0.2, -0.15) is 0 Å². The standard InChI is InChI=1S/C21H14ClN3O4S3/c22-18-16(31-20(23-18)30-12-14-4-2-1-3-5-14)10-17-19(26)24(21(27)32-17)11-13-6-8-15(9-7-13)25(28)29/h1-10H,11-12H2/b17-10-. The molecule has 2 amide bonds. The van der Waals surface area contributed by atoms with Crippen molar-refractivity contribution in [2.75, 3.05) is 0 Å². The van der Waals surface area contributed by atoms with Crippen LogP contribution >= 0.6 is 46.5 Å². The maximum absolute atomic E-state index is 12.8. The fourth-order valence-electron chi connectivity index (χ4n) is 2.83. The number of thiazole rings is 1. The largest absolute Gasteiger partial charge is 0.293 e. The zero-order valence-corrected chi connectivity index (χ0v) is 19.5. The summed E-state index contributed by atoms with van der Waals surface area (Å²) in [5.41, 5.74) is 1.73. The van der Waals surface area contributed by atoms with Gasteiger partial charge in [0.15, 0.2) is 4.34 Å². The molecular formula is C21H14ClN3O4S3. The van der Waals surface area contributed by atoms with Crippen LogP contribution in [0.25, 0.3) is 6.08 Å². The van der Waals surface area contributed by atoms with Gasteiger partial charge < -0.3 is 0 Å². The van der Waals surface area contributed by atoms with Crippen LogP contribution < -0.4 is 0 Å². The monoisotopic (exact) mass is 503 g/mol. The Bertz CT molecular complexity index is 1210. The lowest BCUT2D eigenvalue weighted by atomic mass is 10.2. The van der Waals surface area contributed by atoms with Gasteiger partial charge in [-0.25, -0.2) is 4.98 Å². The van der Waals surface area contributed by atoms with Crippen LogP contribution in [0, 0.1) is 10.1 Å². The molecule has 2 aromatic carbocycles. The molecule has 1 aromatic heterocycles. The predicted molar refractivity (Wildman–Crippen MR) is 128 cm³/mol. The third kappa shape index (κ3) is 5.21. The minimum absolute atomic E-state index is 0.0363. The Balaban J connectivity index is 1.45. The molecule has 11 heteroatoms. The lowest BCUT2D eigenvalue weighted by Gasteiger charge is -2.12. The summed E-state index contributed by atoms with van der Waals surface area (Å²) in [4.78, 5) is 41.8. The Morgan fingerprint density at radius 2 is 1.81 bits per heavy atom. The predicted octanol–water partition coefficient (Wildman–Crippen LogP) is 6.23. The number of hydrogen-bond acceptors (Lipinski definition) is 8. The third-order valence-electron chi connectivity index (χ3n) is 4.42. The summed E-state index contributed by atoms with van der Waals surface area (Å²) in [6.45, 7) is 0.0363. The van der Waals surface area contributed by atoms with Crippen molar-refractivity contribution in [2.24, 2.45) is 0 Å². The number of halogens is 1. The topological polar surface area (TPSA) is 93.4 Å². The van der Waals surface area contributed by atoms with Gasteiger partial charge in [0.2, 0.25) is 0 Å². The molecular weight excluding hydrogens is 490 g/mol. The average Bonchev–Trinajstić information content (AvgIpc) is 3.27. The minimum Gasteiger partial charge on any atom is -0.268 e. The van der Waals surface area contributed by atoms with Crippen molar-refractivity contribution in [3.05, 3.63) is 90.8 Å². The van der Waals surface area contributed by atoms with Gasteiger partial charge in [-0.15, -0.1) is 11.3 Å². The molecule has 0 saturated carbocycles. The van der Waals surface area contributed by atoms with Crippen molar-refractivity contribution in [1.29, 1.82) is 0 Å². The molecule has 1 fully saturated rings. The molecule has 162 valence electrons. The first-order valence-electron chi connectivity index (χ1n) is 9.22. The molecule has 32 heavy (non-hydrogen) atoms. The van der Waals surface area contributed by atoms with Gasteiger partial charge in [-0.05, 0) is 29.0 Å². The van der Waals surface area contributed by atoms with Gasteiger partial charge in [0, 0.05) is 17.9 Å². The van der Waals surface area contributed by atoms with Crippen LogP contribution in [0.1, 0.15) is 16.0 Å². The number of benzene rings is 2. The van der Waals surface area contributed by atoms with Crippen LogP contribution in [-0.2, 0) is 17.1 Å². The first-order chi connectivity index (χ1) is 15.4. The number of nitro groups is 1. The van der Waals surface area contributed by atoms with Gasteiger partial charge >= 0.3 is 0 Å². The highest BCUT2D eigenvalue weighted by molar-refractivity contribution is 8.18.